The summed E-state index contributed by atoms with van der Waals surface area (Å²) in [5.74, 6) is 0.718. The Morgan fingerprint density at radius 1 is 1.41 bits per heavy atom. The summed E-state index contributed by atoms with van der Waals surface area (Å²) in [4.78, 5) is 5.88. The third kappa shape index (κ3) is 8.53. The van der Waals surface area contributed by atoms with Crippen molar-refractivity contribution in [3.8, 4) is 0 Å². The molecule has 0 saturated carbocycles. The van der Waals surface area contributed by atoms with E-state index in [1.54, 1.807) is 6.92 Å². The fourth-order valence-corrected chi connectivity index (χ4v) is 3.74. The Bertz CT molecular complexity index is 581. The first-order valence-electron chi connectivity index (χ1n) is 8.76. The molecule has 5 nitrogen and oxygen atoms in total. The number of nitrogens with zero attached hydrogens (tertiary/aromatic N) is 2. The van der Waals surface area contributed by atoms with Gasteiger partial charge in [-0.1, -0.05) is 0 Å². The molecule has 3 N–H and O–H groups in total. The fraction of sp³-hybridized carbons (Fsp3) is 0.706. The Kier molecular flexibility index (Phi) is 9.80. The van der Waals surface area contributed by atoms with Gasteiger partial charge in [-0.25, -0.2) is 4.99 Å². The molecule has 0 bridgehead atoms. The lowest BCUT2D eigenvalue weighted by Gasteiger charge is -2.22. The molecule has 0 aliphatic carbocycles. The molecular weight excluding hydrogens is 492 g/mol. The zero-order chi connectivity index (χ0) is 19.2. The van der Waals surface area contributed by atoms with Crippen LogP contribution in [-0.2, 0) is 5.60 Å². The van der Waals surface area contributed by atoms with E-state index in [4.69, 9.17) is 0 Å². The normalized spacial score (nSPS) is 20.8. The van der Waals surface area contributed by atoms with Crippen LogP contribution in [0.15, 0.2) is 21.8 Å². The van der Waals surface area contributed by atoms with Gasteiger partial charge < -0.3 is 15.7 Å². The molecule has 1 aliphatic rings. The number of guanidine groups is 1. The van der Waals surface area contributed by atoms with Crippen LogP contribution in [0.25, 0.3) is 0 Å². The lowest BCUT2D eigenvalue weighted by atomic mass is 10.00. The number of rotatable bonds is 7. The molecule has 156 valence electrons. The van der Waals surface area contributed by atoms with Gasteiger partial charge in [0.2, 0.25) is 0 Å². The largest absolute Gasteiger partial charge is 0.401 e. The average molecular weight is 520 g/mol. The molecule has 1 aliphatic heterocycles. The molecule has 0 amide bonds. The van der Waals surface area contributed by atoms with Gasteiger partial charge in [-0.3, -0.25) is 4.90 Å². The number of hydrogen-bond donors (Lipinski definition) is 3. The molecule has 0 radical (unpaired) electrons. The third-order valence-electron chi connectivity index (χ3n) is 4.36. The molecule has 1 aromatic heterocycles. The fourth-order valence-electron chi connectivity index (χ4n) is 2.95. The molecule has 1 saturated heterocycles. The number of alkyl halides is 3. The first kappa shape index (κ1) is 24.4. The van der Waals surface area contributed by atoms with Crippen LogP contribution in [0.3, 0.4) is 0 Å². The van der Waals surface area contributed by atoms with Gasteiger partial charge in [0, 0.05) is 19.6 Å². The van der Waals surface area contributed by atoms with Crippen molar-refractivity contribution in [1.29, 1.82) is 0 Å². The maximum Gasteiger partial charge on any atom is 0.401 e. The smallest absolute Gasteiger partial charge is 0.383 e. The Labute approximate surface area is 179 Å². The minimum absolute atomic E-state index is 0. The Morgan fingerprint density at radius 3 is 2.74 bits per heavy atom. The van der Waals surface area contributed by atoms with Crippen LogP contribution in [0.1, 0.15) is 25.8 Å². The third-order valence-corrected chi connectivity index (χ3v) is 5.05. The van der Waals surface area contributed by atoms with Crippen molar-refractivity contribution in [2.24, 2.45) is 10.9 Å². The highest BCUT2D eigenvalue weighted by atomic mass is 127. The van der Waals surface area contributed by atoms with E-state index in [0.29, 0.717) is 32.1 Å². The lowest BCUT2D eigenvalue weighted by Crippen LogP contribution is -2.41. The van der Waals surface area contributed by atoms with E-state index in [-0.39, 0.29) is 36.4 Å². The van der Waals surface area contributed by atoms with Gasteiger partial charge >= 0.3 is 6.18 Å². The predicted molar refractivity (Wildman–Crippen MR) is 114 cm³/mol. The van der Waals surface area contributed by atoms with Gasteiger partial charge in [-0.15, -0.1) is 24.0 Å². The Morgan fingerprint density at radius 2 is 2.15 bits per heavy atom. The molecule has 2 unspecified atom stereocenters. The second-order valence-corrected chi connectivity index (χ2v) is 7.65. The van der Waals surface area contributed by atoms with Crippen molar-refractivity contribution in [2.45, 2.75) is 32.0 Å². The first-order chi connectivity index (χ1) is 12.2. The number of likely N-dealkylation sites (tertiary alicyclic amines) is 1. The number of thiophene rings is 1. The highest BCUT2D eigenvalue weighted by molar-refractivity contribution is 14.0. The summed E-state index contributed by atoms with van der Waals surface area (Å²) in [5.41, 5.74) is -0.236. The molecule has 27 heavy (non-hydrogen) atoms. The second-order valence-electron chi connectivity index (χ2n) is 6.87. The highest BCUT2D eigenvalue weighted by Crippen LogP contribution is 2.24. The van der Waals surface area contributed by atoms with E-state index < -0.39 is 18.3 Å². The van der Waals surface area contributed by atoms with Crippen molar-refractivity contribution < 1.29 is 18.3 Å². The molecule has 2 heterocycles. The van der Waals surface area contributed by atoms with Gasteiger partial charge in [0.1, 0.15) is 5.60 Å². The molecule has 2 rings (SSSR count). The summed E-state index contributed by atoms with van der Waals surface area (Å²) in [6, 6.07) is 1.87. The van der Waals surface area contributed by atoms with E-state index >= 15 is 0 Å². The molecule has 1 aromatic rings. The van der Waals surface area contributed by atoms with Gasteiger partial charge in [-0.05, 0) is 55.1 Å². The van der Waals surface area contributed by atoms with E-state index in [1.807, 2.05) is 23.8 Å². The standard InChI is InChI=1S/C17H27F3N4OS.HI/c1-3-21-15(23-11-16(2,25)14-5-7-26-10-14)22-8-13-4-6-24(9-13)12-17(18,19)20;/h5,7,10,13,25H,3-4,6,8-9,11-12H2,1-2H3,(H2,21,22,23);1H. The van der Waals surface area contributed by atoms with Crippen molar-refractivity contribution in [1.82, 2.24) is 15.5 Å². The number of aliphatic imine (C=N–C) groups is 1. The summed E-state index contributed by atoms with van der Waals surface area (Å²) in [7, 11) is 0. The van der Waals surface area contributed by atoms with Crippen molar-refractivity contribution in [2.75, 3.05) is 39.3 Å². The van der Waals surface area contributed by atoms with E-state index in [0.717, 1.165) is 12.0 Å². The number of hydrogen-bond acceptors (Lipinski definition) is 4. The topological polar surface area (TPSA) is 59.9 Å². The predicted octanol–water partition coefficient (Wildman–Crippen LogP) is 3.01. The van der Waals surface area contributed by atoms with Crippen LogP contribution in [0, 0.1) is 5.92 Å². The minimum Gasteiger partial charge on any atom is -0.383 e. The molecule has 0 spiro atoms. The van der Waals surface area contributed by atoms with Crippen molar-refractivity contribution in [3.05, 3.63) is 22.4 Å². The monoisotopic (exact) mass is 520 g/mol. The summed E-state index contributed by atoms with van der Waals surface area (Å²) in [5, 5.41) is 20.6. The van der Waals surface area contributed by atoms with E-state index in [2.05, 4.69) is 15.6 Å². The quantitative estimate of drug-likeness (QED) is 0.294. The zero-order valence-electron chi connectivity index (χ0n) is 15.6. The van der Waals surface area contributed by atoms with Gasteiger partial charge in [0.25, 0.3) is 0 Å². The van der Waals surface area contributed by atoms with Crippen molar-refractivity contribution >= 4 is 41.3 Å². The molecule has 0 aromatic carbocycles. The molecule has 10 heteroatoms. The molecular formula is C17H28F3IN4OS. The zero-order valence-corrected chi connectivity index (χ0v) is 18.7. The van der Waals surface area contributed by atoms with Crippen LogP contribution in [0.4, 0.5) is 13.2 Å². The highest BCUT2D eigenvalue weighted by Gasteiger charge is 2.34. The van der Waals surface area contributed by atoms with E-state index in [9.17, 15) is 18.3 Å². The maximum atomic E-state index is 12.5. The number of halogens is 4. The summed E-state index contributed by atoms with van der Waals surface area (Å²) in [6.07, 6.45) is -3.42. The molecule has 1 fully saturated rings. The van der Waals surface area contributed by atoms with Crippen LogP contribution >= 0.6 is 35.3 Å². The Balaban J connectivity index is 0.00000364. The second kappa shape index (κ2) is 10.8. The van der Waals surface area contributed by atoms with Crippen molar-refractivity contribution in [3.63, 3.8) is 0 Å². The van der Waals surface area contributed by atoms with Gasteiger partial charge in [-0.2, -0.15) is 24.5 Å². The van der Waals surface area contributed by atoms with Crippen LogP contribution in [-0.4, -0.2) is 61.4 Å². The minimum atomic E-state index is -4.15. The van der Waals surface area contributed by atoms with Crippen LogP contribution in [0.5, 0.6) is 0 Å². The van der Waals surface area contributed by atoms with E-state index in [1.165, 1.54) is 16.2 Å². The van der Waals surface area contributed by atoms with Gasteiger partial charge in [0.05, 0.1) is 13.1 Å². The Hall–Kier alpha value is -0.590. The SMILES string of the molecule is CCNC(=NCC(C)(O)c1ccsc1)NCC1CCN(CC(F)(F)F)C1.I. The summed E-state index contributed by atoms with van der Waals surface area (Å²) >= 11 is 1.52. The average Bonchev–Trinajstić information content (AvgIpc) is 3.20. The van der Waals surface area contributed by atoms with Gasteiger partial charge in [0.15, 0.2) is 5.96 Å². The van der Waals surface area contributed by atoms with Crippen LogP contribution < -0.4 is 10.6 Å². The maximum absolute atomic E-state index is 12.5. The number of aliphatic hydroxyl groups is 1. The number of nitrogens with one attached hydrogen (secondary N) is 2. The summed E-state index contributed by atoms with van der Waals surface area (Å²) < 4.78 is 37.4. The first-order valence-corrected chi connectivity index (χ1v) is 9.70. The molecule has 2 atom stereocenters. The summed E-state index contributed by atoms with van der Waals surface area (Å²) in [6.45, 7) is 5.12. The lowest BCUT2D eigenvalue weighted by molar-refractivity contribution is -0.143. The van der Waals surface area contributed by atoms with Crippen LogP contribution in [0.2, 0.25) is 0 Å².